The van der Waals surface area contributed by atoms with Gasteiger partial charge in [-0.25, -0.2) is 0 Å². The molecule has 1 unspecified atom stereocenters. The van der Waals surface area contributed by atoms with Crippen LogP contribution in [0.25, 0.3) is 0 Å². The molecule has 0 aliphatic heterocycles. The summed E-state index contributed by atoms with van der Waals surface area (Å²) >= 11 is 11.8. The Bertz CT molecular complexity index is 590. The van der Waals surface area contributed by atoms with Crippen molar-refractivity contribution < 1.29 is 13.5 Å². The first kappa shape index (κ1) is 15.0. The molecule has 0 bridgehead atoms. The van der Waals surface area contributed by atoms with E-state index in [4.69, 9.17) is 28.9 Å². The first-order chi connectivity index (χ1) is 9.47. The van der Waals surface area contributed by atoms with E-state index in [0.717, 1.165) is 11.1 Å². The molecule has 0 spiro atoms. The lowest BCUT2D eigenvalue weighted by Crippen LogP contribution is -2.12. The van der Waals surface area contributed by atoms with E-state index in [2.05, 4.69) is 4.74 Å². The van der Waals surface area contributed by atoms with Gasteiger partial charge < -0.3 is 10.5 Å². The van der Waals surface area contributed by atoms with Crippen LogP contribution in [-0.2, 0) is 0 Å². The van der Waals surface area contributed by atoms with Gasteiger partial charge in [0, 0.05) is 0 Å². The molecule has 2 rings (SSSR count). The number of halogens is 4. The van der Waals surface area contributed by atoms with Crippen molar-refractivity contribution in [3.05, 3.63) is 63.6 Å². The summed E-state index contributed by atoms with van der Waals surface area (Å²) in [7, 11) is 0. The van der Waals surface area contributed by atoms with E-state index >= 15 is 0 Å². The van der Waals surface area contributed by atoms with Crippen LogP contribution in [0.5, 0.6) is 5.75 Å². The first-order valence-corrected chi connectivity index (χ1v) is 6.48. The van der Waals surface area contributed by atoms with Gasteiger partial charge in [-0.15, -0.1) is 0 Å². The van der Waals surface area contributed by atoms with Crippen LogP contribution >= 0.6 is 23.2 Å². The summed E-state index contributed by atoms with van der Waals surface area (Å²) in [5, 5.41) is 0.862. The fraction of sp³-hybridized carbons (Fsp3) is 0.143. The molecule has 20 heavy (non-hydrogen) atoms. The van der Waals surface area contributed by atoms with Gasteiger partial charge in [0.25, 0.3) is 0 Å². The van der Waals surface area contributed by atoms with Gasteiger partial charge in [0.1, 0.15) is 5.75 Å². The predicted molar refractivity (Wildman–Crippen MR) is 75.6 cm³/mol. The summed E-state index contributed by atoms with van der Waals surface area (Å²) in [5.41, 5.74) is 7.63. The van der Waals surface area contributed by atoms with Gasteiger partial charge >= 0.3 is 6.61 Å². The van der Waals surface area contributed by atoms with Crippen LogP contribution in [0.4, 0.5) is 8.78 Å². The largest absolute Gasteiger partial charge is 0.435 e. The molecule has 2 N–H and O–H groups in total. The zero-order valence-electron chi connectivity index (χ0n) is 10.2. The Balaban J connectivity index is 2.20. The van der Waals surface area contributed by atoms with E-state index < -0.39 is 12.7 Å². The predicted octanol–water partition coefficient (Wildman–Crippen LogP) is 4.64. The molecule has 0 heterocycles. The monoisotopic (exact) mass is 317 g/mol. The third kappa shape index (κ3) is 3.60. The van der Waals surface area contributed by atoms with Gasteiger partial charge in [0.15, 0.2) is 0 Å². The number of nitrogens with two attached hydrogens (primary N) is 1. The third-order valence-corrected chi connectivity index (χ3v) is 3.51. The van der Waals surface area contributed by atoms with Crippen LogP contribution in [0.3, 0.4) is 0 Å². The van der Waals surface area contributed by atoms with E-state index in [9.17, 15) is 8.78 Å². The van der Waals surface area contributed by atoms with Gasteiger partial charge in [-0.1, -0.05) is 41.4 Å². The van der Waals surface area contributed by atoms with E-state index in [1.54, 1.807) is 30.3 Å². The highest BCUT2D eigenvalue weighted by atomic mass is 35.5. The second kappa shape index (κ2) is 6.39. The zero-order valence-corrected chi connectivity index (χ0v) is 11.7. The molecule has 0 saturated carbocycles. The minimum atomic E-state index is -2.84. The number of hydrogen-bond acceptors (Lipinski definition) is 2. The number of ether oxygens (including phenoxy) is 1. The molecule has 6 heteroatoms. The van der Waals surface area contributed by atoms with E-state index in [1.165, 1.54) is 12.1 Å². The van der Waals surface area contributed by atoms with Crippen molar-refractivity contribution in [3.63, 3.8) is 0 Å². The molecule has 2 aromatic rings. The Morgan fingerprint density at radius 1 is 0.900 bits per heavy atom. The highest BCUT2D eigenvalue weighted by Crippen LogP contribution is 2.28. The summed E-state index contributed by atoms with van der Waals surface area (Å²) in [6.45, 7) is -2.84. The molecule has 2 aromatic carbocycles. The smallest absolute Gasteiger partial charge is 0.387 e. The van der Waals surface area contributed by atoms with Crippen LogP contribution in [0, 0.1) is 0 Å². The van der Waals surface area contributed by atoms with E-state index in [-0.39, 0.29) is 5.75 Å². The first-order valence-electron chi connectivity index (χ1n) is 5.72. The minimum Gasteiger partial charge on any atom is -0.435 e. The van der Waals surface area contributed by atoms with Gasteiger partial charge in [0.05, 0.1) is 16.1 Å². The molecule has 0 amide bonds. The van der Waals surface area contributed by atoms with Crippen LogP contribution in [-0.4, -0.2) is 6.61 Å². The zero-order chi connectivity index (χ0) is 14.7. The van der Waals surface area contributed by atoms with Crippen LogP contribution in [0.2, 0.25) is 10.0 Å². The van der Waals surface area contributed by atoms with Gasteiger partial charge in [0.2, 0.25) is 0 Å². The second-order valence-electron chi connectivity index (χ2n) is 4.10. The van der Waals surface area contributed by atoms with E-state index in [1.807, 2.05) is 0 Å². The molecule has 0 aliphatic carbocycles. The summed E-state index contributed by atoms with van der Waals surface area (Å²) in [5.74, 6) is 0.0880. The lowest BCUT2D eigenvalue weighted by atomic mass is 10.00. The van der Waals surface area contributed by atoms with Crippen molar-refractivity contribution >= 4 is 23.2 Å². The molecule has 0 aliphatic rings. The lowest BCUT2D eigenvalue weighted by molar-refractivity contribution is -0.0498. The SMILES string of the molecule is NC(c1ccc(OC(F)F)cc1)c1ccc(Cl)c(Cl)c1. The normalized spacial score (nSPS) is 12.5. The maximum atomic E-state index is 12.1. The summed E-state index contributed by atoms with van der Waals surface area (Å²) < 4.78 is 28.4. The molecule has 0 aromatic heterocycles. The summed E-state index contributed by atoms with van der Waals surface area (Å²) in [6.07, 6.45) is 0. The van der Waals surface area contributed by atoms with Crippen molar-refractivity contribution in [1.82, 2.24) is 0 Å². The fourth-order valence-corrected chi connectivity index (χ4v) is 2.06. The number of hydrogen-bond donors (Lipinski definition) is 1. The molecular weight excluding hydrogens is 307 g/mol. The van der Waals surface area contributed by atoms with E-state index in [0.29, 0.717) is 10.0 Å². The Kier molecular flexibility index (Phi) is 4.81. The van der Waals surface area contributed by atoms with Crippen LogP contribution in [0.15, 0.2) is 42.5 Å². The highest BCUT2D eigenvalue weighted by Gasteiger charge is 2.11. The van der Waals surface area contributed by atoms with Crippen molar-refractivity contribution in [1.29, 1.82) is 0 Å². The Hall–Kier alpha value is -1.36. The topological polar surface area (TPSA) is 35.2 Å². The van der Waals surface area contributed by atoms with Crippen LogP contribution in [0.1, 0.15) is 17.2 Å². The second-order valence-corrected chi connectivity index (χ2v) is 4.91. The molecule has 106 valence electrons. The Labute approximate surface area is 125 Å². The fourth-order valence-electron chi connectivity index (χ4n) is 1.75. The van der Waals surface area contributed by atoms with Crippen molar-refractivity contribution in [2.24, 2.45) is 5.73 Å². The quantitative estimate of drug-likeness (QED) is 0.891. The molecule has 0 radical (unpaired) electrons. The maximum Gasteiger partial charge on any atom is 0.387 e. The maximum absolute atomic E-state index is 12.1. The van der Waals surface area contributed by atoms with Gasteiger partial charge in [-0.05, 0) is 35.4 Å². The third-order valence-electron chi connectivity index (χ3n) is 2.77. The Morgan fingerprint density at radius 2 is 1.50 bits per heavy atom. The van der Waals surface area contributed by atoms with Crippen LogP contribution < -0.4 is 10.5 Å². The van der Waals surface area contributed by atoms with Gasteiger partial charge in [-0.3, -0.25) is 0 Å². The summed E-state index contributed by atoms with van der Waals surface area (Å²) in [4.78, 5) is 0. The minimum absolute atomic E-state index is 0.0880. The summed E-state index contributed by atoms with van der Waals surface area (Å²) in [6, 6.07) is 10.8. The number of rotatable bonds is 4. The van der Waals surface area contributed by atoms with Crippen molar-refractivity contribution in [2.45, 2.75) is 12.7 Å². The standard InChI is InChI=1S/C14H11Cl2F2NO/c15-11-6-3-9(7-12(11)16)13(19)8-1-4-10(5-2-8)20-14(17)18/h1-7,13-14H,19H2. The highest BCUT2D eigenvalue weighted by molar-refractivity contribution is 6.42. The average molecular weight is 318 g/mol. The van der Waals surface area contributed by atoms with Crippen molar-refractivity contribution in [2.75, 3.05) is 0 Å². The molecule has 1 atom stereocenters. The number of alkyl halides is 2. The number of benzene rings is 2. The van der Waals surface area contributed by atoms with Crippen molar-refractivity contribution in [3.8, 4) is 5.75 Å². The molecule has 2 nitrogen and oxygen atoms in total. The molecule has 0 fully saturated rings. The lowest BCUT2D eigenvalue weighted by Gasteiger charge is -2.14. The molecule has 0 saturated heterocycles. The van der Waals surface area contributed by atoms with Gasteiger partial charge in [-0.2, -0.15) is 8.78 Å². The molecular formula is C14H11Cl2F2NO. The Morgan fingerprint density at radius 3 is 2.05 bits per heavy atom. The average Bonchev–Trinajstić information content (AvgIpc) is 2.41.